The summed E-state index contributed by atoms with van der Waals surface area (Å²) in [5.74, 6) is 0. The second kappa shape index (κ2) is 6.73. The van der Waals surface area contributed by atoms with Crippen LogP contribution < -0.4 is 5.46 Å². The Bertz CT molecular complexity index is 574. The van der Waals surface area contributed by atoms with Gasteiger partial charge in [-0.15, -0.1) is 0 Å². The molecule has 0 nitrogen and oxygen atoms in total. The smallest absolute Gasteiger partial charge is 0.0849 e. The summed E-state index contributed by atoms with van der Waals surface area (Å²) in [6.07, 6.45) is 9.48. The van der Waals surface area contributed by atoms with E-state index in [4.69, 9.17) is 0 Å². The predicted molar refractivity (Wildman–Crippen MR) is 98.9 cm³/mol. The summed E-state index contributed by atoms with van der Waals surface area (Å²) < 4.78 is 0. The van der Waals surface area contributed by atoms with Gasteiger partial charge in [0.2, 0.25) is 0 Å². The van der Waals surface area contributed by atoms with Gasteiger partial charge >= 0.3 is 0 Å². The molecule has 0 bridgehead atoms. The molecule has 0 radical (unpaired) electrons. The molecule has 0 unspecified atom stereocenters. The molecule has 1 saturated carbocycles. The molecule has 0 aromatic heterocycles. The van der Waals surface area contributed by atoms with E-state index in [9.17, 15) is 0 Å². The minimum absolute atomic E-state index is 0.219. The quantitative estimate of drug-likeness (QED) is 0.724. The van der Waals surface area contributed by atoms with Crippen LogP contribution in [0.15, 0.2) is 48.5 Å². The Balaban J connectivity index is 2.17. The molecule has 0 spiro atoms. The van der Waals surface area contributed by atoms with E-state index < -0.39 is 0 Å². The second-order valence-electron chi connectivity index (χ2n) is 6.98. The van der Waals surface area contributed by atoms with Crippen molar-refractivity contribution in [2.45, 2.75) is 57.3 Å². The Kier molecular flexibility index (Phi) is 4.71. The third-order valence-corrected chi connectivity index (χ3v) is 5.53. The van der Waals surface area contributed by atoms with Crippen molar-refractivity contribution in [2.75, 3.05) is 0 Å². The first-order chi connectivity index (χ1) is 10.7. The molecule has 0 atom stereocenters. The first kappa shape index (κ1) is 15.4. The second-order valence-corrected chi connectivity index (χ2v) is 6.98. The molecule has 0 amide bonds. The lowest BCUT2D eigenvalue weighted by Gasteiger charge is -2.39. The normalized spacial score (nSPS) is 18.4. The zero-order valence-corrected chi connectivity index (χ0v) is 14.1. The maximum atomic E-state index is 2.38. The number of hydrogen-bond donors (Lipinski definition) is 0. The van der Waals surface area contributed by atoms with Crippen molar-refractivity contribution in [3.05, 3.63) is 65.2 Å². The van der Waals surface area contributed by atoms with Crippen molar-refractivity contribution in [1.29, 1.82) is 0 Å². The molecule has 2 aromatic rings. The van der Waals surface area contributed by atoms with Crippen LogP contribution in [0.3, 0.4) is 0 Å². The number of benzene rings is 2. The largest absolute Gasteiger partial charge is 0.139 e. The number of rotatable bonds is 2. The van der Waals surface area contributed by atoms with Crippen LogP contribution in [0.4, 0.5) is 0 Å². The van der Waals surface area contributed by atoms with Crippen LogP contribution in [0.1, 0.15) is 61.6 Å². The molecule has 1 aliphatic rings. The highest BCUT2D eigenvalue weighted by Gasteiger charge is 2.35. The SMILES string of the molecule is Bc1ccccc1C1(c2ccccc2C)CCCCCCC1. The Labute approximate surface area is 136 Å². The Morgan fingerprint density at radius 3 is 1.91 bits per heavy atom. The van der Waals surface area contributed by atoms with Crippen molar-refractivity contribution in [3.63, 3.8) is 0 Å². The fraction of sp³-hybridized carbons (Fsp3) is 0.429. The fourth-order valence-corrected chi connectivity index (χ4v) is 4.41. The molecule has 22 heavy (non-hydrogen) atoms. The molecule has 0 heterocycles. The molecule has 0 saturated heterocycles. The summed E-state index contributed by atoms with van der Waals surface area (Å²) in [6, 6.07) is 18.1. The van der Waals surface area contributed by atoms with E-state index in [1.54, 1.807) is 11.1 Å². The van der Waals surface area contributed by atoms with Crippen LogP contribution in [0, 0.1) is 6.92 Å². The minimum atomic E-state index is 0.219. The van der Waals surface area contributed by atoms with Gasteiger partial charge < -0.3 is 0 Å². The minimum Gasteiger partial charge on any atom is -0.0849 e. The molecular weight excluding hydrogens is 263 g/mol. The Morgan fingerprint density at radius 2 is 1.27 bits per heavy atom. The van der Waals surface area contributed by atoms with E-state index in [-0.39, 0.29) is 5.41 Å². The highest BCUT2D eigenvalue weighted by atomic mass is 14.4. The van der Waals surface area contributed by atoms with Crippen molar-refractivity contribution < 1.29 is 0 Å². The van der Waals surface area contributed by atoms with Gasteiger partial charge in [0.05, 0.1) is 0 Å². The first-order valence-electron chi connectivity index (χ1n) is 8.86. The van der Waals surface area contributed by atoms with E-state index in [0.717, 1.165) is 0 Å². The van der Waals surface area contributed by atoms with Crippen LogP contribution in [0.2, 0.25) is 0 Å². The summed E-state index contributed by atoms with van der Waals surface area (Å²) in [7, 11) is 2.29. The van der Waals surface area contributed by atoms with Crippen LogP contribution in [0.25, 0.3) is 0 Å². The average molecular weight is 290 g/mol. The summed E-state index contributed by atoms with van der Waals surface area (Å²) in [5, 5.41) is 0. The van der Waals surface area contributed by atoms with Crippen molar-refractivity contribution >= 4 is 13.3 Å². The number of aryl methyl sites for hydroxylation is 1. The fourth-order valence-electron chi connectivity index (χ4n) is 4.41. The van der Waals surface area contributed by atoms with Gasteiger partial charge in [-0.1, -0.05) is 86.1 Å². The van der Waals surface area contributed by atoms with Gasteiger partial charge in [-0.2, -0.15) is 0 Å². The zero-order valence-electron chi connectivity index (χ0n) is 14.1. The van der Waals surface area contributed by atoms with E-state index in [2.05, 4.69) is 63.3 Å². The Morgan fingerprint density at radius 1 is 0.727 bits per heavy atom. The first-order valence-corrected chi connectivity index (χ1v) is 8.86. The van der Waals surface area contributed by atoms with Crippen LogP contribution in [-0.4, -0.2) is 7.85 Å². The molecule has 0 aliphatic heterocycles. The van der Waals surface area contributed by atoms with E-state index in [1.807, 2.05) is 0 Å². The predicted octanol–water partition coefficient (Wildman–Crippen LogP) is 4.28. The molecule has 2 aromatic carbocycles. The zero-order chi connectivity index (χ0) is 15.4. The standard InChI is InChI=1S/C21H27B/c1-17-11-5-6-12-18(17)21(15-9-3-2-4-10-16-21)19-13-7-8-14-20(19)22/h5-8,11-14H,2-4,9-10,15-16,22H2,1H3. The summed E-state index contributed by atoms with van der Waals surface area (Å²) in [5.41, 5.74) is 6.24. The van der Waals surface area contributed by atoms with Crippen LogP contribution >= 0.6 is 0 Å². The van der Waals surface area contributed by atoms with Gasteiger partial charge in [-0.3, -0.25) is 0 Å². The van der Waals surface area contributed by atoms with Crippen molar-refractivity contribution in [3.8, 4) is 0 Å². The maximum absolute atomic E-state index is 2.38. The van der Waals surface area contributed by atoms with Crippen LogP contribution in [0.5, 0.6) is 0 Å². The van der Waals surface area contributed by atoms with Gasteiger partial charge in [0.15, 0.2) is 0 Å². The van der Waals surface area contributed by atoms with E-state index in [1.165, 1.54) is 56.0 Å². The van der Waals surface area contributed by atoms with Gasteiger partial charge in [0.1, 0.15) is 7.85 Å². The molecule has 1 fully saturated rings. The Hall–Kier alpha value is -1.50. The topological polar surface area (TPSA) is 0 Å². The lowest BCUT2D eigenvalue weighted by Crippen LogP contribution is -2.35. The molecule has 1 heteroatoms. The number of hydrogen-bond acceptors (Lipinski definition) is 0. The van der Waals surface area contributed by atoms with Gasteiger partial charge in [0.25, 0.3) is 0 Å². The molecule has 1 aliphatic carbocycles. The summed E-state index contributed by atoms with van der Waals surface area (Å²) in [6.45, 7) is 2.29. The van der Waals surface area contributed by atoms with Gasteiger partial charge in [0, 0.05) is 5.41 Å². The van der Waals surface area contributed by atoms with E-state index >= 15 is 0 Å². The van der Waals surface area contributed by atoms with Crippen molar-refractivity contribution in [1.82, 2.24) is 0 Å². The lowest BCUT2D eigenvalue weighted by molar-refractivity contribution is 0.367. The van der Waals surface area contributed by atoms with Crippen LogP contribution in [-0.2, 0) is 5.41 Å². The van der Waals surface area contributed by atoms with Gasteiger partial charge in [-0.05, 0) is 36.5 Å². The van der Waals surface area contributed by atoms with Crippen molar-refractivity contribution in [2.24, 2.45) is 0 Å². The molecule has 3 rings (SSSR count). The summed E-state index contributed by atoms with van der Waals surface area (Å²) in [4.78, 5) is 0. The van der Waals surface area contributed by atoms with Gasteiger partial charge in [-0.25, -0.2) is 0 Å². The third kappa shape index (κ3) is 2.86. The third-order valence-electron chi connectivity index (χ3n) is 5.53. The highest BCUT2D eigenvalue weighted by molar-refractivity contribution is 6.33. The molecule has 0 N–H and O–H groups in total. The molecule has 114 valence electrons. The maximum Gasteiger partial charge on any atom is 0.139 e. The highest BCUT2D eigenvalue weighted by Crippen LogP contribution is 2.43. The van der Waals surface area contributed by atoms with E-state index in [0.29, 0.717) is 0 Å². The average Bonchev–Trinajstić information content (AvgIpc) is 2.50. The monoisotopic (exact) mass is 290 g/mol. The summed E-state index contributed by atoms with van der Waals surface area (Å²) >= 11 is 0. The molecular formula is C21H27B. The lowest BCUT2D eigenvalue weighted by atomic mass is 9.63.